The average molecular weight is 258 g/mol. The van der Waals surface area contributed by atoms with Crippen LogP contribution in [0.25, 0.3) is 22.6 Å². The maximum Gasteiger partial charge on any atom is 0.278 e. The Morgan fingerprint density at radius 2 is 1.95 bits per heavy atom. The fraction of sp³-hybridized carbons (Fsp3) is 0. The van der Waals surface area contributed by atoms with Crippen LogP contribution in [0.15, 0.2) is 23.0 Å². The van der Waals surface area contributed by atoms with Crippen molar-refractivity contribution in [2.24, 2.45) is 0 Å². The van der Waals surface area contributed by atoms with Gasteiger partial charge < -0.3 is 21.6 Å². The molecule has 0 atom stereocenters. The first kappa shape index (κ1) is 11.1. The van der Waals surface area contributed by atoms with Crippen molar-refractivity contribution in [3.63, 3.8) is 0 Å². The molecule has 0 aliphatic rings. The van der Waals surface area contributed by atoms with Gasteiger partial charge in [-0.25, -0.2) is 4.98 Å². The second-order valence-electron chi connectivity index (χ2n) is 4.01. The van der Waals surface area contributed by atoms with Crippen molar-refractivity contribution in [2.45, 2.75) is 0 Å². The highest BCUT2D eigenvalue weighted by Crippen LogP contribution is 2.26. The lowest BCUT2D eigenvalue weighted by Crippen LogP contribution is -2.10. The van der Waals surface area contributed by atoms with Crippen LogP contribution in [0.1, 0.15) is 0 Å². The predicted molar refractivity (Wildman–Crippen MR) is 70.4 cm³/mol. The lowest BCUT2D eigenvalue weighted by Gasteiger charge is -2.00. The quantitative estimate of drug-likeness (QED) is 0.311. The SMILES string of the molecule is Nc1nc2nc(-c3ccc(N)c(O)c3)[nH]c2c(=O)[nH]1. The van der Waals surface area contributed by atoms with E-state index in [4.69, 9.17) is 11.5 Å². The molecule has 0 aliphatic heterocycles. The summed E-state index contributed by atoms with van der Waals surface area (Å²) < 4.78 is 0. The molecule has 2 aromatic heterocycles. The number of nitrogens with one attached hydrogen (secondary N) is 2. The number of aromatic amines is 2. The Morgan fingerprint density at radius 3 is 2.68 bits per heavy atom. The summed E-state index contributed by atoms with van der Waals surface area (Å²) in [4.78, 5) is 24.9. The van der Waals surface area contributed by atoms with E-state index in [-0.39, 0.29) is 28.5 Å². The number of phenolic OH excluding ortho intramolecular Hbond substituents is 1. The Kier molecular flexibility index (Phi) is 2.18. The standard InChI is InChI=1S/C11H10N6O2/c12-5-2-1-4(3-6(5)18)8-14-7-9(15-8)16-11(13)17-10(7)19/h1-3,18H,12H2,(H4,13,14,15,16,17,19). The number of aromatic hydroxyl groups is 1. The van der Waals surface area contributed by atoms with Gasteiger partial charge in [0.15, 0.2) is 11.2 Å². The first-order valence-corrected chi connectivity index (χ1v) is 5.39. The summed E-state index contributed by atoms with van der Waals surface area (Å²) in [6.07, 6.45) is 0. The molecule has 0 amide bonds. The van der Waals surface area contributed by atoms with E-state index in [9.17, 15) is 9.90 Å². The number of hydrogen-bond donors (Lipinski definition) is 5. The molecule has 2 heterocycles. The Bertz CT molecular complexity index is 835. The molecule has 0 fully saturated rings. The fourth-order valence-corrected chi connectivity index (χ4v) is 1.75. The van der Waals surface area contributed by atoms with Crippen LogP contribution in [0.5, 0.6) is 5.75 Å². The molecule has 8 heteroatoms. The van der Waals surface area contributed by atoms with Crippen LogP contribution in [0.4, 0.5) is 11.6 Å². The van der Waals surface area contributed by atoms with Crippen LogP contribution >= 0.6 is 0 Å². The number of imidazole rings is 1. The molecule has 0 bridgehead atoms. The van der Waals surface area contributed by atoms with Crippen LogP contribution in [0.2, 0.25) is 0 Å². The number of H-pyrrole nitrogens is 2. The van der Waals surface area contributed by atoms with Crippen molar-refractivity contribution in [3.05, 3.63) is 28.6 Å². The number of nitrogens with zero attached hydrogens (tertiary/aromatic N) is 2. The molecule has 19 heavy (non-hydrogen) atoms. The summed E-state index contributed by atoms with van der Waals surface area (Å²) in [5.41, 5.74) is 11.8. The molecule has 0 unspecified atom stereocenters. The van der Waals surface area contributed by atoms with E-state index in [1.54, 1.807) is 12.1 Å². The van der Waals surface area contributed by atoms with E-state index >= 15 is 0 Å². The number of hydrogen-bond acceptors (Lipinski definition) is 6. The molecule has 1 aromatic carbocycles. The van der Waals surface area contributed by atoms with E-state index in [1.807, 2.05) is 0 Å². The summed E-state index contributed by atoms with van der Waals surface area (Å²) in [7, 11) is 0. The van der Waals surface area contributed by atoms with Crippen molar-refractivity contribution in [2.75, 3.05) is 11.5 Å². The van der Waals surface area contributed by atoms with E-state index < -0.39 is 5.56 Å². The molecule has 8 nitrogen and oxygen atoms in total. The second kappa shape index (κ2) is 3.73. The zero-order valence-corrected chi connectivity index (χ0v) is 9.64. The average Bonchev–Trinajstić information content (AvgIpc) is 2.76. The summed E-state index contributed by atoms with van der Waals surface area (Å²) in [6, 6.07) is 4.67. The van der Waals surface area contributed by atoms with Gasteiger partial charge in [0.25, 0.3) is 5.56 Å². The monoisotopic (exact) mass is 258 g/mol. The second-order valence-corrected chi connectivity index (χ2v) is 4.01. The van der Waals surface area contributed by atoms with Crippen LogP contribution < -0.4 is 17.0 Å². The van der Waals surface area contributed by atoms with Gasteiger partial charge in [0, 0.05) is 5.56 Å². The van der Waals surface area contributed by atoms with Gasteiger partial charge in [-0.15, -0.1) is 0 Å². The first-order chi connectivity index (χ1) is 9.04. The van der Waals surface area contributed by atoms with Gasteiger partial charge >= 0.3 is 0 Å². The largest absolute Gasteiger partial charge is 0.506 e. The van der Waals surface area contributed by atoms with E-state index in [0.29, 0.717) is 11.4 Å². The third-order valence-corrected chi connectivity index (χ3v) is 2.68. The normalized spacial score (nSPS) is 10.9. The molecule has 0 saturated heterocycles. The fourth-order valence-electron chi connectivity index (χ4n) is 1.75. The van der Waals surface area contributed by atoms with E-state index in [1.165, 1.54) is 6.07 Å². The smallest absolute Gasteiger partial charge is 0.278 e. The highest BCUT2D eigenvalue weighted by atomic mass is 16.3. The van der Waals surface area contributed by atoms with Crippen LogP contribution in [-0.2, 0) is 0 Å². The maximum atomic E-state index is 11.6. The minimum atomic E-state index is -0.402. The third-order valence-electron chi connectivity index (χ3n) is 2.68. The molecule has 3 aromatic rings. The van der Waals surface area contributed by atoms with Crippen molar-refractivity contribution >= 4 is 22.8 Å². The molecule has 0 saturated carbocycles. The first-order valence-electron chi connectivity index (χ1n) is 5.39. The summed E-state index contributed by atoms with van der Waals surface area (Å²) in [5, 5.41) is 9.56. The number of anilines is 2. The Hall–Kier alpha value is -3.03. The minimum Gasteiger partial charge on any atom is -0.506 e. The summed E-state index contributed by atoms with van der Waals surface area (Å²) >= 11 is 0. The Balaban J connectivity index is 2.23. The number of aromatic nitrogens is 4. The molecule has 0 spiro atoms. The van der Waals surface area contributed by atoms with E-state index in [0.717, 1.165) is 0 Å². The van der Waals surface area contributed by atoms with Crippen LogP contribution in [0.3, 0.4) is 0 Å². The summed E-state index contributed by atoms with van der Waals surface area (Å²) in [6.45, 7) is 0. The molecule has 96 valence electrons. The van der Waals surface area contributed by atoms with Gasteiger partial charge in [-0.3, -0.25) is 9.78 Å². The molecule has 7 N–H and O–H groups in total. The van der Waals surface area contributed by atoms with Crippen molar-refractivity contribution < 1.29 is 5.11 Å². The highest BCUT2D eigenvalue weighted by Gasteiger charge is 2.11. The topological polar surface area (TPSA) is 147 Å². The number of nitrogen functional groups attached to an aromatic ring is 2. The zero-order valence-electron chi connectivity index (χ0n) is 9.64. The molecule has 0 radical (unpaired) electrons. The van der Waals surface area contributed by atoms with Gasteiger partial charge in [-0.2, -0.15) is 4.98 Å². The van der Waals surface area contributed by atoms with E-state index in [2.05, 4.69) is 19.9 Å². The van der Waals surface area contributed by atoms with Gasteiger partial charge in [-0.1, -0.05) is 0 Å². The third kappa shape index (κ3) is 1.75. The highest BCUT2D eigenvalue weighted by molar-refractivity contribution is 5.76. The Labute approximate surface area is 106 Å². The number of nitrogens with two attached hydrogens (primary N) is 2. The molecular weight excluding hydrogens is 248 g/mol. The van der Waals surface area contributed by atoms with Crippen molar-refractivity contribution in [1.29, 1.82) is 0 Å². The van der Waals surface area contributed by atoms with Crippen LogP contribution in [-0.4, -0.2) is 25.0 Å². The van der Waals surface area contributed by atoms with Gasteiger partial charge in [0.05, 0.1) is 5.69 Å². The predicted octanol–water partition coefficient (Wildman–Crippen LogP) is 0.183. The van der Waals surface area contributed by atoms with Crippen molar-refractivity contribution in [3.8, 4) is 17.1 Å². The molecule has 0 aliphatic carbocycles. The maximum absolute atomic E-state index is 11.6. The van der Waals surface area contributed by atoms with Gasteiger partial charge in [0.1, 0.15) is 11.6 Å². The lowest BCUT2D eigenvalue weighted by molar-refractivity contribution is 0.478. The Morgan fingerprint density at radius 1 is 1.16 bits per heavy atom. The number of phenols is 1. The zero-order chi connectivity index (χ0) is 13.6. The van der Waals surface area contributed by atoms with Gasteiger partial charge in [0.2, 0.25) is 5.95 Å². The van der Waals surface area contributed by atoms with Crippen LogP contribution in [0, 0.1) is 0 Å². The number of rotatable bonds is 1. The summed E-state index contributed by atoms with van der Waals surface area (Å²) in [5.74, 6) is 0.337. The minimum absolute atomic E-state index is 0.00398. The number of benzene rings is 1. The van der Waals surface area contributed by atoms with Crippen molar-refractivity contribution in [1.82, 2.24) is 19.9 Å². The number of fused-ring (bicyclic) bond motifs is 1. The lowest BCUT2D eigenvalue weighted by atomic mass is 10.2. The molecular formula is C11H10N6O2. The molecule has 3 rings (SSSR count). The van der Waals surface area contributed by atoms with Gasteiger partial charge in [-0.05, 0) is 18.2 Å².